The molecule has 102 valence electrons. The Balaban J connectivity index is 2.07. The average molecular weight is 240 g/mol. The largest absolute Gasteiger partial charge is 0.316 e. The van der Waals surface area contributed by atoms with Crippen LogP contribution in [0, 0.1) is 11.8 Å². The normalized spacial score (nSPS) is 22.9. The third-order valence-corrected chi connectivity index (χ3v) is 4.25. The summed E-state index contributed by atoms with van der Waals surface area (Å²) in [7, 11) is 2.28. The van der Waals surface area contributed by atoms with Gasteiger partial charge in [0.05, 0.1) is 0 Å². The van der Waals surface area contributed by atoms with Crippen molar-refractivity contribution in [3.63, 3.8) is 0 Å². The molecule has 1 heterocycles. The van der Waals surface area contributed by atoms with E-state index in [1.54, 1.807) is 0 Å². The molecule has 0 aromatic carbocycles. The molecule has 0 aromatic heterocycles. The topological polar surface area (TPSA) is 15.3 Å². The van der Waals surface area contributed by atoms with Crippen molar-refractivity contribution in [2.24, 2.45) is 11.8 Å². The maximum atomic E-state index is 3.53. The van der Waals surface area contributed by atoms with Gasteiger partial charge in [-0.2, -0.15) is 0 Å². The minimum atomic E-state index is 0.886. The summed E-state index contributed by atoms with van der Waals surface area (Å²) >= 11 is 0. The van der Waals surface area contributed by atoms with Gasteiger partial charge in [-0.25, -0.2) is 0 Å². The highest BCUT2D eigenvalue weighted by Crippen LogP contribution is 2.22. The van der Waals surface area contributed by atoms with Crippen LogP contribution in [0.1, 0.15) is 52.4 Å². The average Bonchev–Trinajstić information content (AvgIpc) is 2.37. The zero-order valence-electron chi connectivity index (χ0n) is 12.2. The summed E-state index contributed by atoms with van der Waals surface area (Å²) in [6.07, 6.45) is 8.26. The summed E-state index contributed by atoms with van der Waals surface area (Å²) in [6, 6.07) is 0. The van der Waals surface area contributed by atoms with Crippen molar-refractivity contribution in [2.75, 3.05) is 33.2 Å². The van der Waals surface area contributed by atoms with Gasteiger partial charge in [-0.3, -0.25) is 0 Å². The molecule has 0 bridgehead atoms. The first-order valence-corrected chi connectivity index (χ1v) is 7.63. The van der Waals surface area contributed by atoms with E-state index in [1.807, 2.05) is 0 Å². The van der Waals surface area contributed by atoms with Gasteiger partial charge in [0.25, 0.3) is 0 Å². The molecule has 1 aliphatic rings. The molecule has 1 rings (SSSR count). The van der Waals surface area contributed by atoms with E-state index in [-0.39, 0.29) is 0 Å². The summed E-state index contributed by atoms with van der Waals surface area (Å²) in [5.41, 5.74) is 0. The number of nitrogens with zero attached hydrogens (tertiary/aromatic N) is 1. The van der Waals surface area contributed by atoms with Crippen molar-refractivity contribution in [3.8, 4) is 0 Å². The van der Waals surface area contributed by atoms with Crippen LogP contribution in [0.25, 0.3) is 0 Å². The maximum Gasteiger partial charge on any atom is -0.00180 e. The van der Waals surface area contributed by atoms with Crippen molar-refractivity contribution >= 4 is 0 Å². The molecule has 2 nitrogen and oxygen atoms in total. The number of unbranched alkanes of at least 4 members (excludes halogenated alkanes) is 2. The monoisotopic (exact) mass is 240 g/mol. The molecule has 17 heavy (non-hydrogen) atoms. The van der Waals surface area contributed by atoms with Gasteiger partial charge in [-0.15, -0.1) is 0 Å². The van der Waals surface area contributed by atoms with Crippen LogP contribution in [0.5, 0.6) is 0 Å². The minimum absolute atomic E-state index is 0.886. The first kappa shape index (κ1) is 15.0. The third kappa shape index (κ3) is 6.42. The molecule has 0 aromatic rings. The van der Waals surface area contributed by atoms with Crippen LogP contribution >= 0.6 is 0 Å². The van der Waals surface area contributed by atoms with Crippen molar-refractivity contribution in [3.05, 3.63) is 0 Å². The third-order valence-electron chi connectivity index (χ3n) is 4.25. The fourth-order valence-electron chi connectivity index (χ4n) is 2.77. The van der Waals surface area contributed by atoms with E-state index >= 15 is 0 Å². The molecule has 0 radical (unpaired) electrons. The second-order valence-corrected chi connectivity index (χ2v) is 5.88. The molecule has 0 amide bonds. The number of piperidine rings is 1. The van der Waals surface area contributed by atoms with E-state index in [2.05, 4.69) is 31.1 Å². The summed E-state index contributed by atoms with van der Waals surface area (Å²) in [5.74, 6) is 1.81. The summed E-state index contributed by atoms with van der Waals surface area (Å²) in [4.78, 5) is 2.52. The van der Waals surface area contributed by atoms with Crippen LogP contribution in [0.2, 0.25) is 0 Å². The molecule has 2 atom stereocenters. The molecule has 2 unspecified atom stereocenters. The number of nitrogens with one attached hydrogen (secondary N) is 1. The lowest BCUT2D eigenvalue weighted by molar-refractivity contribution is 0.231. The van der Waals surface area contributed by atoms with Crippen molar-refractivity contribution in [2.45, 2.75) is 52.4 Å². The Labute approximate surface area is 108 Å². The van der Waals surface area contributed by atoms with Gasteiger partial charge in [0, 0.05) is 0 Å². The summed E-state index contributed by atoms with van der Waals surface area (Å²) < 4.78 is 0. The number of hydrogen-bond donors (Lipinski definition) is 1. The van der Waals surface area contributed by atoms with E-state index in [0.29, 0.717) is 0 Å². The molecule has 1 fully saturated rings. The molecule has 0 saturated carbocycles. The second kappa shape index (κ2) is 8.93. The van der Waals surface area contributed by atoms with E-state index in [4.69, 9.17) is 0 Å². The fraction of sp³-hybridized carbons (Fsp3) is 1.00. The van der Waals surface area contributed by atoms with Gasteiger partial charge in [0.1, 0.15) is 0 Å². The predicted octanol–water partition coefficient (Wildman–Crippen LogP) is 3.13. The van der Waals surface area contributed by atoms with Crippen LogP contribution in [-0.4, -0.2) is 38.1 Å². The molecule has 0 spiro atoms. The van der Waals surface area contributed by atoms with Gasteiger partial charge >= 0.3 is 0 Å². The Morgan fingerprint density at radius 1 is 1.29 bits per heavy atom. The lowest BCUT2D eigenvalue weighted by Crippen LogP contribution is -2.34. The Morgan fingerprint density at radius 3 is 2.76 bits per heavy atom. The molecule has 1 saturated heterocycles. The van der Waals surface area contributed by atoms with Crippen LogP contribution in [-0.2, 0) is 0 Å². The highest BCUT2D eigenvalue weighted by atomic mass is 15.1. The second-order valence-electron chi connectivity index (χ2n) is 5.88. The lowest BCUT2D eigenvalue weighted by Gasteiger charge is -2.29. The van der Waals surface area contributed by atoms with Gasteiger partial charge in [0.15, 0.2) is 0 Å². The van der Waals surface area contributed by atoms with Crippen LogP contribution in [0.4, 0.5) is 0 Å². The minimum Gasteiger partial charge on any atom is -0.316 e. The SMILES string of the molecule is CCCCCN(C)CCC(C)C1CCCNC1. The van der Waals surface area contributed by atoms with Crippen LogP contribution < -0.4 is 5.32 Å². The number of rotatable bonds is 8. The molecule has 2 heteroatoms. The Hall–Kier alpha value is -0.0800. The highest BCUT2D eigenvalue weighted by Gasteiger charge is 2.19. The van der Waals surface area contributed by atoms with E-state index in [0.717, 1.165) is 11.8 Å². The highest BCUT2D eigenvalue weighted by molar-refractivity contribution is 4.74. The zero-order chi connectivity index (χ0) is 12.5. The Morgan fingerprint density at radius 2 is 2.12 bits per heavy atom. The smallest absolute Gasteiger partial charge is 0.00180 e. The van der Waals surface area contributed by atoms with E-state index < -0.39 is 0 Å². The van der Waals surface area contributed by atoms with Crippen molar-refractivity contribution in [1.29, 1.82) is 0 Å². The van der Waals surface area contributed by atoms with Crippen molar-refractivity contribution < 1.29 is 0 Å². The zero-order valence-corrected chi connectivity index (χ0v) is 12.2. The fourth-order valence-corrected chi connectivity index (χ4v) is 2.77. The first-order chi connectivity index (χ1) is 8.24. The standard InChI is InChI=1S/C15H32N2/c1-4-5-6-11-17(3)12-9-14(2)15-8-7-10-16-13-15/h14-16H,4-13H2,1-3H3. The Bertz CT molecular complexity index is 176. The maximum absolute atomic E-state index is 3.53. The first-order valence-electron chi connectivity index (χ1n) is 7.63. The molecule has 0 aliphatic carbocycles. The van der Waals surface area contributed by atoms with Gasteiger partial charge < -0.3 is 10.2 Å². The van der Waals surface area contributed by atoms with Gasteiger partial charge in [0.2, 0.25) is 0 Å². The molecule has 1 N–H and O–H groups in total. The van der Waals surface area contributed by atoms with Crippen LogP contribution in [0.3, 0.4) is 0 Å². The van der Waals surface area contributed by atoms with Crippen LogP contribution in [0.15, 0.2) is 0 Å². The summed E-state index contributed by atoms with van der Waals surface area (Å²) in [5, 5.41) is 3.53. The summed E-state index contributed by atoms with van der Waals surface area (Å²) in [6.45, 7) is 9.77. The van der Waals surface area contributed by atoms with Gasteiger partial charge in [-0.1, -0.05) is 26.7 Å². The molecular formula is C15H32N2. The van der Waals surface area contributed by atoms with Gasteiger partial charge in [-0.05, 0) is 70.7 Å². The lowest BCUT2D eigenvalue weighted by atomic mass is 9.85. The predicted molar refractivity (Wildman–Crippen MR) is 76.4 cm³/mol. The molecule has 1 aliphatic heterocycles. The van der Waals surface area contributed by atoms with Crippen molar-refractivity contribution in [1.82, 2.24) is 10.2 Å². The van der Waals surface area contributed by atoms with E-state index in [9.17, 15) is 0 Å². The number of hydrogen-bond acceptors (Lipinski definition) is 2. The Kier molecular flexibility index (Phi) is 7.87. The molecular weight excluding hydrogens is 208 g/mol. The van der Waals surface area contributed by atoms with E-state index in [1.165, 1.54) is 64.7 Å². The quantitative estimate of drug-likeness (QED) is 0.656.